The maximum absolute atomic E-state index is 5.76. The van der Waals surface area contributed by atoms with Gasteiger partial charge in [0.25, 0.3) is 0 Å². The first-order valence-electron chi connectivity index (χ1n) is 7.17. The average Bonchev–Trinajstić information content (AvgIpc) is 2.74. The molecule has 3 heterocycles. The Morgan fingerprint density at radius 2 is 2.11 bits per heavy atom. The van der Waals surface area contributed by atoms with Gasteiger partial charge in [0.15, 0.2) is 0 Å². The highest BCUT2D eigenvalue weighted by molar-refractivity contribution is 5.21. The lowest BCUT2D eigenvalue weighted by atomic mass is 9.85. The summed E-state index contributed by atoms with van der Waals surface area (Å²) >= 11 is 0. The van der Waals surface area contributed by atoms with Crippen molar-refractivity contribution in [3.8, 4) is 0 Å². The second-order valence-corrected chi connectivity index (χ2v) is 5.75. The van der Waals surface area contributed by atoms with Gasteiger partial charge in [-0.05, 0) is 39.8 Å². The normalized spacial score (nSPS) is 23.9. The van der Waals surface area contributed by atoms with Crippen molar-refractivity contribution in [2.45, 2.75) is 38.8 Å². The van der Waals surface area contributed by atoms with Gasteiger partial charge < -0.3 is 14.6 Å². The van der Waals surface area contributed by atoms with Gasteiger partial charge in [-0.2, -0.15) is 0 Å². The molecule has 2 aliphatic heterocycles. The molecule has 0 saturated carbocycles. The quantitative estimate of drug-likeness (QED) is 0.872. The number of aromatic nitrogens is 1. The third-order valence-corrected chi connectivity index (χ3v) is 4.61. The molecule has 0 aliphatic carbocycles. The Kier molecular flexibility index (Phi) is 3.60. The molecule has 1 N–H and O–H groups in total. The van der Waals surface area contributed by atoms with Crippen LogP contribution < -0.4 is 5.32 Å². The van der Waals surface area contributed by atoms with E-state index in [4.69, 9.17) is 9.26 Å². The van der Waals surface area contributed by atoms with Crippen molar-refractivity contribution >= 4 is 0 Å². The van der Waals surface area contributed by atoms with E-state index in [0.29, 0.717) is 0 Å². The van der Waals surface area contributed by atoms with Crippen molar-refractivity contribution in [2.24, 2.45) is 0 Å². The van der Waals surface area contributed by atoms with E-state index in [1.807, 2.05) is 13.8 Å². The average molecular weight is 265 g/mol. The van der Waals surface area contributed by atoms with Crippen LogP contribution >= 0.6 is 0 Å². The summed E-state index contributed by atoms with van der Waals surface area (Å²) in [4.78, 5) is 2.59. The van der Waals surface area contributed by atoms with Crippen molar-refractivity contribution in [1.29, 1.82) is 0 Å². The zero-order valence-electron chi connectivity index (χ0n) is 11.9. The molecular weight excluding hydrogens is 242 g/mol. The van der Waals surface area contributed by atoms with Crippen LogP contribution in [0.4, 0.5) is 0 Å². The van der Waals surface area contributed by atoms with E-state index in [-0.39, 0.29) is 5.54 Å². The zero-order chi connectivity index (χ0) is 13.3. The minimum absolute atomic E-state index is 0.208. The Hall–Kier alpha value is -0.910. The van der Waals surface area contributed by atoms with Crippen molar-refractivity contribution in [3.63, 3.8) is 0 Å². The molecule has 2 aliphatic rings. The maximum atomic E-state index is 5.76. The largest absolute Gasteiger partial charge is 0.378 e. The Bertz CT molecular complexity index is 410. The maximum Gasteiger partial charge on any atom is 0.138 e. The first-order chi connectivity index (χ1) is 9.21. The van der Waals surface area contributed by atoms with E-state index >= 15 is 0 Å². The predicted molar refractivity (Wildman–Crippen MR) is 72.0 cm³/mol. The van der Waals surface area contributed by atoms with Gasteiger partial charge in [0.1, 0.15) is 5.76 Å². The summed E-state index contributed by atoms with van der Waals surface area (Å²) in [7, 11) is 0. The van der Waals surface area contributed by atoms with Gasteiger partial charge in [0, 0.05) is 24.2 Å². The molecule has 19 heavy (non-hydrogen) atoms. The number of hydrogen-bond acceptors (Lipinski definition) is 5. The summed E-state index contributed by atoms with van der Waals surface area (Å²) in [5, 5.41) is 7.52. The number of hydrogen-bond donors (Lipinski definition) is 1. The summed E-state index contributed by atoms with van der Waals surface area (Å²) in [5.74, 6) is 0.952. The summed E-state index contributed by atoms with van der Waals surface area (Å²) in [6.45, 7) is 9.83. The third-order valence-electron chi connectivity index (χ3n) is 4.61. The van der Waals surface area contributed by atoms with E-state index < -0.39 is 0 Å². The lowest BCUT2D eigenvalue weighted by Gasteiger charge is -2.49. The number of morpholine rings is 1. The Morgan fingerprint density at radius 1 is 1.32 bits per heavy atom. The first-order valence-corrected chi connectivity index (χ1v) is 7.17. The van der Waals surface area contributed by atoms with Crippen molar-refractivity contribution in [2.75, 3.05) is 32.8 Å². The van der Waals surface area contributed by atoms with E-state index in [1.165, 1.54) is 5.56 Å². The molecule has 0 bridgehead atoms. The van der Waals surface area contributed by atoms with Gasteiger partial charge in [-0.25, -0.2) is 0 Å². The molecule has 1 aromatic rings. The summed E-state index contributed by atoms with van der Waals surface area (Å²) in [6, 6.07) is 0. The standard InChI is InChI=1S/C14H23N3O2/c1-11-13(12(2)19-16-11)9-17-7-8-18-10-14(17)3-5-15-6-4-14/h15H,3-10H2,1-2H3. The van der Waals surface area contributed by atoms with Crippen LogP contribution in [0.3, 0.4) is 0 Å². The van der Waals surface area contributed by atoms with Crippen LogP contribution in [0.1, 0.15) is 29.9 Å². The van der Waals surface area contributed by atoms with Crippen LogP contribution in [0.2, 0.25) is 0 Å². The van der Waals surface area contributed by atoms with Crippen molar-refractivity contribution in [1.82, 2.24) is 15.4 Å². The topological polar surface area (TPSA) is 50.5 Å². The molecule has 0 amide bonds. The smallest absolute Gasteiger partial charge is 0.138 e. The van der Waals surface area contributed by atoms with Gasteiger partial charge in [-0.3, -0.25) is 4.90 Å². The zero-order valence-corrected chi connectivity index (χ0v) is 11.9. The lowest BCUT2D eigenvalue weighted by Crippen LogP contribution is -2.60. The molecule has 2 saturated heterocycles. The molecule has 5 heteroatoms. The summed E-state index contributed by atoms with van der Waals surface area (Å²) < 4.78 is 11.1. The molecule has 2 fully saturated rings. The highest BCUT2D eigenvalue weighted by Gasteiger charge is 2.40. The molecule has 0 unspecified atom stereocenters. The molecule has 1 aromatic heterocycles. The highest BCUT2D eigenvalue weighted by atomic mass is 16.5. The molecule has 0 aromatic carbocycles. The number of piperidine rings is 1. The van der Waals surface area contributed by atoms with Gasteiger partial charge in [-0.1, -0.05) is 5.16 Å². The van der Waals surface area contributed by atoms with Crippen LogP contribution in [0, 0.1) is 13.8 Å². The first kappa shape index (κ1) is 13.1. The van der Waals surface area contributed by atoms with Crippen molar-refractivity contribution in [3.05, 3.63) is 17.0 Å². The molecule has 0 radical (unpaired) electrons. The Balaban J connectivity index is 1.81. The number of ether oxygens (including phenoxy) is 1. The number of rotatable bonds is 2. The van der Waals surface area contributed by atoms with E-state index in [1.54, 1.807) is 0 Å². The van der Waals surface area contributed by atoms with Crippen LogP contribution in [-0.2, 0) is 11.3 Å². The van der Waals surface area contributed by atoms with Gasteiger partial charge in [-0.15, -0.1) is 0 Å². The fourth-order valence-corrected chi connectivity index (χ4v) is 3.28. The Labute approximate surface area is 114 Å². The minimum Gasteiger partial charge on any atom is -0.378 e. The van der Waals surface area contributed by atoms with Crippen LogP contribution in [-0.4, -0.2) is 48.4 Å². The molecule has 106 valence electrons. The van der Waals surface area contributed by atoms with E-state index in [2.05, 4.69) is 15.4 Å². The predicted octanol–water partition coefficient (Wildman–Crippen LogP) is 1.25. The highest BCUT2D eigenvalue weighted by Crippen LogP contribution is 2.31. The number of nitrogens with one attached hydrogen (secondary N) is 1. The molecule has 1 spiro atoms. The van der Waals surface area contributed by atoms with Gasteiger partial charge >= 0.3 is 0 Å². The summed E-state index contributed by atoms with van der Waals surface area (Å²) in [6.07, 6.45) is 2.33. The third kappa shape index (κ3) is 2.42. The fraction of sp³-hybridized carbons (Fsp3) is 0.786. The molecular formula is C14H23N3O2. The van der Waals surface area contributed by atoms with Crippen LogP contribution in [0.25, 0.3) is 0 Å². The van der Waals surface area contributed by atoms with Gasteiger partial charge in [0.05, 0.1) is 18.9 Å². The van der Waals surface area contributed by atoms with E-state index in [9.17, 15) is 0 Å². The summed E-state index contributed by atoms with van der Waals surface area (Å²) in [5.41, 5.74) is 2.48. The fourth-order valence-electron chi connectivity index (χ4n) is 3.28. The second-order valence-electron chi connectivity index (χ2n) is 5.75. The van der Waals surface area contributed by atoms with Gasteiger partial charge in [0.2, 0.25) is 0 Å². The van der Waals surface area contributed by atoms with E-state index in [0.717, 1.165) is 63.7 Å². The number of aryl methyl sites for hydroxylation is 2. The lowest BCUT2D eigenvalue weighted by molar-refractivity contribution is -0.0868. The van der Waals surface area contributed by atoms with Crippen LogP contribution in [0.15, 0.2) is 4.52 Å². The number of nitrogens with zero attached hydrogens (tertiary/aromatic N) is 2. The van der Waals surface area contributed by atoms with Crippen LogP contribution in [0.5, 0.6) is 0 Å². The molecule has 3 rings (SSSR count). The minimum atomic E-state index is 0.208. The van der Waals surface area contributed by atoms with Crippen molar-refractivity contribution < 1.29 is 9.26 Å². The molecule has 5 nitrogen and oxygen atoms in total. The monoisotopic (exact) mass is 265 g/mol. The SMILES string of the molecule is Cc1noc(C)c1CN1CCOCC12CCNCC2. The molecule has 0 atom stereocenters. The Morgan fingerprint density at radius 3 is 2.79 bits per heavy atom. The second kappa shape index (κ2) is 5.23.